The number of carboxylic acid groups (broad SMARTS) is 1. The summed E-state index contributed by atoms with van der Waals surface area (Å²) in [7, 11) is 0. The summed E-state index contributed by atoms with van der Waals surface area (Å²) in [5, 5.41) is 14.2. The highest BCUT2D eigenvalue weighted by atomic mass is 32.2. The lowest BCUT2D eigenvalue weighted by molar-refractivity contribution is -0.160. The number of nitrogens with one attached hydrogen (secondary N) is 2. The van der Waals surface area contributed by atoms with Gasteiger partial charge >= 0.3 is 5.97 Å². The maximum atomic E-state index is 12.9. The number of carbonyl (C=O) groups is 5. The van der Waals surface area contributed by atoms with Crippen LogP contribution in [0, 0.1) is 0 Å². The summed E-state index contributed by atoms with van der Waals surface area (Å²) in [4.78, 5) is 61.9. The molecule has 3 unspecified atom stereocenters. The van der Waals surface area contributed by atoms with E-state index in [4.69, 9.17) is 11.5 Å². The van der Waals surface area contributed by atoms with E-state index >= 15 is 0 Å². The molecule has 4 amide bonds. The molecule has 2 saturated heterocycles. The van der Waals surface area contributed by atoms with Crippen LogP contribution >= 0.6 is 11.8 Å². The molecule has 0 saturated carbocycles. The van der Waals surface area contributed by atoms with E-state index in [1.807, 2.05) is 0 Å². The average Bonchev–Trinajstić information content (AvgIpc) is 2.96. The molecule has 2 heterocycles. The van der Waals surface area contributed by atoms with Gasteiger partial charge in [-0.3, -0.25) is 29.8 Å². The lowest BCUT2D eigenvalue weighted by Gasteiger charge is -2.45. The van der Waals surface area contributed by atoms with E-state index in [-0.39, 0.29) is 0 Å². The second-order valence-corrected chi connectivity index (χ2v) is 9.99. The number of nitrogens with two attached hydrogens (primary N) is 2. The quantitative estimate of drug-likeness (QED) is 0.292. The number of nitrogens with zero attached hydrogens (tertiary/aromatic N) is 1. The highest BCUT2D eigenvalue weighted by Gasteiger charge is 2.64. The van der Waals surface area contributed by atoms with Crippen molar-refractivity contribution in [1.82, 2.24) is 15.5 Å². The summed E-state index contributed by atoms with van der Waals surface area (Å²) >= 11 is 1.33. The smallest absolute Gasteiger partial charge is 0.327 e. The molecule has 7 N–H and O–H groups in total. The fourth-order valence-corrected chi connectivity index (χ4v) is 5.55. The van der Waals surface area contributed by atoms with Gasteiger partial charge in [0.05, 0.1) is 12.5 Å². The molecule has 32 heavy (non-hydrogen) atoms. The van der Waals surface area contributed by atoms with E-state index in [9.17, 15) is 29.1 Å². The van der Waals surface area contributed by atoms with Gasteiger partial charge in [0.15, 0.2) is 0 Å². The van der Waals surface area contributed by atoms with Crippen LogP contribution in [0.25, 0.3) is 0 Å². The predicted octanol–water partition coefficient (Wildman–Crippen LogP) is -1.32. The number of hydrogen-bond acceptors (Lipinski definition) is 8. The zero-order chi connectivity index (χ0) is 23.8. The largest absolute Gasteiger partial charge is 0.480 e. The molecule has 0 bridgehead atoms. The number of hydrogen-bond donors (Lipinski definition) is 5. The highest BCUT2D eigenvalue weighted by molar-refractivity contribution is 8.01. The molecular weight excluding hydrogens is 438 g/mol. The molecule has 2 aliphatic rings. The molecule has 0 aromatic heterocycles. The van der Waals surface area contributed by atoms with Crippen LogP contribution in [0.15, 0.2) is 30.3 Å². The molecular formula is C20H25N5O6S. The Balaban J connectivity index is 1.79. The van der Waals surface area contributed by atoms with Crippen LogP contribution in [-0.4, -0.2) is 67.9 Å². The summed E-state index contributed by atoms with van der Waals surface area (Å²) < 4.78 is -0.718. The van der Waals surface area contributed by atoms with Crippen LogP contribution in [0.4, 0.5) is 0 Å². The number of benzene rings is 1. The minimum atomic E-state index is -1.30. The van der Waals surface area contributed by atoms with E-state index in [0.717, 1.165) is 0 Å². The van der Waals surface area contributed by atoms with Crippen LogP contribution in [0.2, 0.25) is 0 Å². The van der Waals surface area contributed by atoms with Gasteiger partial charge in [-0.25, -0.2) is 4.79 Å². The third-order valence-corrected chi connectivity index (χ3v) is 6.99. The number of thioether (sulfide) groups is 1. The number of carboxylic acids is 1. The van der Waals surface area contributed by atoms with Crippen molar-refractivity contribution in [3.8, 4) is 0 Å². The fourth-order valence-electron chi connectivity index (χ4n) is 3.91. The molecule has 1 aromatic rings. The summed E-state index contributed by atoms with van der Waals surface area (Å²) in [6, 6.07) is 4.24. The van der Waals surface area contributed by atoms with Crippen molar-refractivity contribution in [3.63, 3.8) is 0 Å². The van der Waals surface area contributed by atoms with Gasteiger partial charge in [0, 0.05) is 4.75 Å². The summed E-state index contributed by atoms with van der Waals surface area (Å²) in [5.41, 5.74) is 11.1. The normalized spacial score (nSPS) is 25.3. The van der Waals surface area contributed by atoms with Crippen molar-refractivity contribution in [1.29, 1.82) is 0 Å². The van der Waals surface area contributed by atoms with E-state index in [1.54, 1.807) is 44.2 Å². The van der Waals surface area contributed by atoms with Crippen molar-refractivity contribution in [2.75, 3.05) is 0 Å². The van der Waals surface area contributed by atoms with Crippen molar-refractivity contribution in [2.24, 2.45) is 11.5 Å². The standard InChI is InChI=1S/C20H25N5O6S/c1-20(2)14(19(30)31)25-17(29)13(18(25)32-20)23-12(9-6-4-3-5-7-9)16(28)24-15(27)10(21)8-11(22)26/h3-7,10,12-14,18,23H,8,21H2,1-2H3,(H2,22,26)(H,30,31)(H,24,27,28)/t10-,12-,13?,14?,18?/m0/s1. The molecule has 0 aliphatic carbocycles. The zero-order valence-electron chi connectivity index (χ0n) is 17.5. The van der Waals surface area contributed by atoms with Crippen LogP contribution in [-0.2, 0) is 24.0 Å². The highest BCUT2D eigenvalue weighted by Crippen LogP contribution is 2.51. The molecule has 2 fully saturated rings. The summed E-state index contributed by atoms with van der Waals surface area (Å²) in [5.74, 6) is -3.95. The first-order valence-electron chi connectivity index (χ1n) is 9.86. The number of aliphatic carboxylic acids is 1. The lowest BCUT2D eigenvalue weighted by Crippen LogP contribution is -2.70. The first-order valence-corrected chi connectivity index (χ1v) is 10.7. The second kappa shape index (κ2) is 8.88. The number of carbonyl (C=O) groups excluding carboxylic acids is 4. The van der Waals surface area contributed by atoms with Gasteiger partial charge in [-0.15, -0.1) is 11.8 Å². The maximum absolute atomic E-state index is 12.9. The number of primary amides is 1. The van der Waals surface area contributed by atoms with Crippen molar-refractivity contribution < 1.29 is 29.1 Å². The lowest BCUT2D eigenvalue weighted by atomic mass is 9.95. The number of amides is 4. The molecule has 1 aromatic carbocycles. The Labute approximate surface area is 188 Å². The Morgan fingerprint density at radius 1 is 1.19 bits per heavy atom. The number of imide groups is 1. The van der Waals surface area contributed by atoms with Crippen molar-refractivity contribution in [2.45, 2.75) is 54.6 Å². The van der Waals surface area contributed by atoms with Gasteiger partial charge in [0.2, 0.25) is 23.6 Å². The first-order chi connectivity index (χ1) is 14.9. The van der Waals surface area contributed by atoms with E-state index in [0.29, 0.717) is 5.56 Å². The van der Waals surface area contributed by atoms with Gasteiger partial charge in [0.25, 0.3) is 0 Å². The van der Waals surface area contributed by atoms with Crippen LogP contribution < -0.4 is 22.1 Å². The minimum Gasteiger partial charge on any atom is -0.480 e. The molecule has 0 spiro atoms. The van der Waals surface area contributed by atoms with Gasteiger partial charge in [0.1, 0.15) is 23.5 Å². The molecule has 3 rings (SSSR count). The zero-order valence-corrected chi connectivity index (χ0v) is 18.3. The first kappa shape index (κ1) is 23.7. The monoisotopic (exact) mass is 463 g/mol. The molecule has 172 valence electrons. The molecule has 5 atom stereocenters. The van der Waals surface area contributed by atoms with Crippen molar-refractivity contribution >= 4 is 41.4 Å². The third-order valence-electron chi connectivity index (χ3n) is 5.42. The van der Waals surface area contributed by atoms with Crippen LogP contribution in [0.1, 0.15) is 31.9 Å². The Kier molecular flexibility index (Phi) is 6.58. The van der Waals surface area contributed by atoms with E-state index < -0.39 is 70.3 Å². The topological polar surface area (TPSA) is 185 Å². The van der Waals surface area contributed by atoms with Crippen LogP contribution in [0.3, 0.4) is 0 Å². The molecule has 11 nitrogen and oxygen atoms in total. The van der Waals surface area contributed by atoms with Gasteiger partial charge < -0.3 is 21.5 Å². The Morgan fingerprint density at radius 3 is 2.38 bits per heavy atom. The van der Waals surface area contributed by atoms with Gasteiger partial charge in [-0.2, -0.15) is 0 Å². The Bertz CT molecular complexity index is 955. The molecule has 2 aliphatic heterocycles. The van der Waals surface area contributed by atoms with E-state index in [1.165, 1.54) is 16.7 Å². The van der Waals surface area contributed by atoms with Crippen LogP contribution in [0.5, 0.6) is 0 Å². The third kappa shape index (κ3) is 4.47. The minimum absolute atomic E-state index is 0.428. The number of fused-ring (bicyclic) bond motifs is 1. The number of β-lactam (4-membered cyclic amide) rings is 1. The Morgan fingerprint density at radius 2 is 1.81 bits per heavy atom. The van der Waals surface area contributed by atoms with Gasteiger partial charge in [-0.05, 0) is 19.4 Å². The fraction of sp³-hybridized carbons (Fsp3) is 0.450. The summed E-state index contributed by atoms with van der Waals surface area (Å²) in [6.07, 6.45) is -0.428. The average molecular weight is 464 g/mol. The second-order valence-electron chi connectivity index (χ2n) is 8.22. The van der Waals surface area contributed by atoms with E-state index in [2.05, 4.69) is 10.6 Å². The predicted molar refractivity (Wildman–Crippen MR) is 115 cm³/mol. The maximum Gasteiger partial charge on any atom is 0.327 e. The molecule has 0 radical (unpaired) electrons. The number of rotatable bonds is 8. The Hall–Kier alpha value is -2.96. The van der Waals surface area contributed by atoms with Gasteiger partial charge in [-0.1, -0.05) is 30.3 Å². The van der Waals surface area contributed by atoms with Crippen molar-refractivity contribution in [3.05, 3.63) is 35.9 Å². The summed E-state index contributed by atoms with van der Waals surface area (Å²) in [6.45, 7) is 3.50. The SMILES string of the molecule is CC1(C)SC2C(N[C@H](C(=O)NC(=O)[C@@H](N)CC(N)=O)c3ccccc3)C(=O)N2C1C(=O)O. The molecule has 12 heteroatoms.